The zero-order valence-electron chi connectivity index (χ0n) is 14.8. The van der Waals surface area contributed by atoms with Gasteiger partial charge in [0, 0.05) is 0 Å². The Morgan fingerprint density at radius 2 is 1.38 bits per heavy atom. The maximum atomic E-state index is 2.70. The molecule has 0 unspecified atom stereocenters. The normalized spacial score (nSPS) is 19.2. The van der Waals surface area contributed by atoms with Crippen LogP contribution in [0.3, 0.4) is 0 Å². The molecular formula is C19H37NSn. The minimum absolute atomic E-state index is 1.01. The molecule has 0 aromatic heterocycles. The second kappa shape index (κ2) is 8.84. The van der Waals surface area contributed by atoms with Gasteiger partial charge >= 0.3 is 138 Å². The van der Waals surface area contributed by atoms with Crippen molar-refractivity contribution in [3.05, 3.63) is 9.79 Å². The average Bonchev–Trinajstić information content (AvgIpc) is 2.55. The van der Waals surface area contributed by atoms with E-state index in [1.165, 1.54) is 64.5 Å². The Hall–Kier alpha value is 0.339. The molecule has 122 valence electrons. The van der Waals surface area contributed by atoms with Crippen molar-refractivity contribution >= 4 is 18.4 Å². The maximum absolute atomic E-state index is 2.70. The first-order chi connectivity index (χ1) is 10.3. The molecule has 3 aliphatic heterocycles. The van der Waals surface area contributed by atoms with Crippen LogP contribution < -0.4 is 0 Å². The third-order valence-corrected chi connectivity index (χ3v) is 22.2. The second-order valence-corrected chi connectivity index (χ2v) is 20.7. The van der Waals surface area contributed by atoms with Crippen molar-refractivity contribution in [2.45, 2.75) is 85.4 Å². The molecule has 3 heterocycles. The fraction of sp³-hybridized carbons (Fsp3) is 0.895. The van der Waals surface area contributed by atoms with E-state index in [2.05, 4.69) is 35.5 Å². The third kappa shape index (κ3) is 4.42. The summed E-state index contributed by atoms with van der Waals surface area (Å²) in [5, 5.41) is 0. The van der Waals surface area contributed by atoms with Gasteiger partial charge in [-0.05, 0) is 0 Å². The Morgan fingerprint density at radius 3 is 1.71 bits per heavy atom. The van der Waals surface area contributed by atoms with Gasteiger partial charge in [-0.25, -0.2) is 0 Å². The van der Waals surface area contributed by atoms with Gasteiger partial charge in [0.15, 0.2) is 0 Å². The van der Waals surface area contributed by atoms with E-state index in [1.807, 2.05) is 0 Å². The Bertz CT molecular complexity index is 307. The van der Waals surface area contributed by atoms with Crippen LogP contribution in [0, 0.1) is 5.92 Å². The second-order valence-electron chi connectivity index (χ2n) is 7.49. The van der Waals surface area contributed by atoms with Crippen LogP contribution >= 0.6 is 0 Å². The first-order valence-electron chi connectivity index (χ1n) is 9.72. The summed E-state index contributed by atoms with van der Waals surface area (Å²) in [5.74, 6) is 1.01. The van der Waals surface area contributed by atoms with E-state index in [0.717, 1.165) is 5.92 Å². The summed E-state index contributed by atoms with van der Waals surface area (Å²) in [6.45, 7) is 9.88. The molecule has 0 amide bonds. The Labute approximate surface area is 137 Å². The van der Waals surface area contributed by atoms with E-state index in [0.29, 0.717) is 0 Å². The Balaban J connectivity index is 2.22. The standard InChI is InChI=1S/C7H10N.3C4H9.Sn/c1-4-8-5-2-7(1)3-6-8;3*1-3-4-2;/h6-7H,1-2,4-5H2;3*1,3-4H2,2H3;. The van der Waals surface area contributed by atoms with Crippen LogP contribution in [0.25, 0.3) is 0 Å². The van der Waals surface area contributed by atoms with Crippen LogP contribution in [0.15, 0.2) is 9.79 Å². The fourth-order valence-electron chi connectivity index (χ4n) is 4.57. The summed E-state index contributed by atoms with van der Waals surface area (Å²) in [5.41, 5.74) is 0. The zero-order valence-corrected chi connectivity index (χ0v) is 17.6. The molecule has 0 spiro atoms. The molecule has 1 nitrogen and oxygen atoms in total. The fourth-order valence-corrected chi connectivity index (χ4v) is 22.6. The number of hydrogen-bond acceptors (Lipinski definition) is 1. The van der Waals surface area contributed by atoms with Crippen LogP contribution in [0.1, 0.15) is 72.1 Å². The minimum atomic E-state index is -2.08. The molecule has 3 aliphatic rings. The van der Waals surface area contributed by atoms with Crippen LogP contribution in [-0.2, 0) is 0 Å². The number of rotatable bonds is 10. The van der Waals surface area contributed by atoms with Gasteiger partial charge < -0.3 is 0 Å². The first-order valence-corrected chi connectivity index (χ1v) is 17.2. The molecule has 3 rings (SSSR count). The van der Waals surface area contributed by atoms with Crippen LogP contribution in [-0.4, -0.2) is 36.4 Å². The van der Waals surface area contributed by atoms with E-state index in [4.69, 9.17) is 0 Å². The van der Waals surface area contributed by atoms with E-state index in [-0.39, 0.29) is 0 Å². The summed E-state index contributed by atoms with van der Waals surface area (Å²) in [7, 11) is 0. The van der Waals surface area contributed by atoms with Gasteiger partial charge in [0.1, 0.15) is 0 Å². The Morgan fingerprint density at radius 1 is 0.905 bits per heavy atom. The van der Waals surface area contributed by atoms with Gasteiger partial charge in [0.2, 0.25) is 0 Å². The van der Waals surface area contributed by atoms with Gasteiger partial charge in [0.25, 0.3) is 0 Å². The van der Waals surface area contributed by atoms with E-state index < -0.39 is 18.4 Å². The summed E-state index contributed by atoms with van der Waals surface area (Å²) in [6, 6.07) is 0. The van der Waals surface area contributed by atoms with Crippen molar-refractivity contribution in [3.8, 4) is 0 Å². The number of hydrogen-bond donors (Lipinski definition) is 0. The monoisotopic (exact) mass is 399 g/mol. The van der Waals surface area contributed by atoms with Crippen molar-refractivity contribution < 1.29 is 0 Å². The zero-order chi connectivity index (χ0) is 15.1. The average molecular weight is 398 g/mol. The Kier molecular flexibility index (Phi) is 7.44. The summed E-state index contributed by atoms with van der Waals surface area (Å²) >= 11 is -2.08. The van der Waals surface area contributed by atoms with Gasteiger partial charge in [-0.2, -0.15) is 0 Å². The molecular weight excluding hydrogens is 361 g/mol. The van der Waals surface area contributed by atoms with Crippen molar-refractivity contribution in [1.82, 2.24) is 4.90 Å². The van der Waals surface area contributed by atoms with Crippen LogP contribution in [0.4, 0.5) is 0 Å². The number of fused-ring (bicyclic) bond motifs is 2. The predicted octanol–water partition coefficient (Wildman–Crippen LogP) is 5.98. The van der Waals surface area contributed by atoms with Gasteiger partial charge in [-0.1, -0.05) is 0 Å². The summed E-state index contributed by atoms with van der Waals surface area (Å²) in [4.78, 5) is 2.67. The molecule has 1 fully saturated rings. The molecule has 0 radical (unpaired) electrons. The molecule has 2 bridgehead atoms. The molecule has 0 aromatic carbocycles. The third-order valence-electron chi connectivity index (χ3n) is 5.93. The molecule has 21 heavy (non-hydrogen) atoms. The van der Waals surface area contributed by atoms with Crippen molar-refractivity contribution in [1.29, 1.82) is 0 Å². The SMILES string of the molecule is CCC[CH2][Sn]([CH2]CCC)([CH2]CCC)[C]1=CN2CCC1CC2. The summed E-state index contributed by atoms with van der Waals surface area (Å²) < 4.78 is 7.04. The van der Waals surface area contributed by atoms with Gasteiger partial charge in [0.05, 0.1) is 0 Å². The molecule has 0 saturated carbocycles. The number of unbranched alkanes of at least 4 members (excludes halogenated alkanes) is 3. The number of piperidine rings is 1. The van der Waals surface area contributed by atoms with E-state index in [9.17, 15) is 0 Å². The van der Waals surface area contributed by atoms with Crippen molar-refractivity contribution in [3.63, 3.8) is 0 Å². The van der Waals surface area contributed by atoms with Crippen LogP contribution in [0.5, 0.6) is 0 Å². The molecule has 0 aliphatic carbocycles. The summed E-state index contributed by atoms with van der Waals surface area (Å²) in [6.07, 6.45) is 14.4. The number of allylic oxidation sites excluding steroid dienone is 1. The van der Waals surface area contributed by atoms with Gasteiger partial charge in [-0.15, -0.1) is 0 Å². The topological polar surface area (TPSA) is 3.24 Å². The quantitative estimate of drug-likeness (QED) is 0.409. The molecule has 1 saturated heterocycles. The molecule has 0 N–H and O–H groups in total. The molecule has 0 aromatic rings. The van der Waals surface area contributed by atoms with Gasteiger partial charge in [-0.3, -0.25) is 0 Å². The first kappa shape index (κ1) is 17.7. The molecule has 2 heteroatoms. The van der Waals surface area contributed by atoms with Crippen molar-refractivity contribution in [2.24, 2.45) is 5.92 Å². The predicted molar refractivity (Wildman–Crippen MR) is 97.3 cm³/mol. The number of nitrogens with zero attached hydrogens (tertiary/aromatic N) is 1. The van der Waals surface area contributed by atoms with Crippen molar-refractivity contribution in [2.75, 3.05) is 13.1 Å². The molecule has 0 atom stereocenters. The van der Waals surface area contributed by atoms with Crippen LogP contribution in [0.2, 0.25) is 13.3 Å². The van der Waals surface area contributed by atoms with E-state index in [1.54, 1.807) is 13.3 Å². The van der Waals surface area contributed by atoms with E-state index >= 15 is 0 Å².